The molecular weight excluding hydrogens is 156 g/mol. The highest BCUT2D eigenvalue weighted by molar-refractivity contribution is 5.28. The molecule has 2 aliphatic rings. The second kappa shape index (κ2) is 3.01. The zero-order valence-corrected chi connectivity index (χ0v) is 8.90. The topological polar surface area (TPSA) is 0 Å². The fraction of sp³-hybridized carbons (Fsp3) is 0.692. The van der Waals surface area contributed by atoms with Gasteiger partial charge in [-0.1, -0.05) is 30.7 Å². The summed E-state index contributed by atoms with van der Waals surface area (Å²) in [5.41, 5.74) is 3.70. The summed E-state index contributed by atoms with van der Waals surface area (Å²) in [6, 6.07) is 0. The molecule has 1 unspecified atom stereocenters. The van der Waals surface area contributed by atoms with Crippen LogP contribution in [0.4, 0.5) is 0 Å². The fourth-order valence-electron chi connectivity index (χ4n) is 3.45. The first-order chi connectivity index (χ1) is 6.18. The molecule has 0 spiro atoms. The van der Waals surface area contributed by atoms with Gasteiger partial charge >= 0.3 is 0 Å². The van der Waals surface area contributed by atoms with E-state index < -0.39 is 0 Å². The minimum Gasteiger partial charge on any atom is -0.0995 e. The van der Waals surface area contributed by atoms with Crippen LogP contribution in [0.25, 0.3) is 0 Å². The molecule has 2 saturated carbocycles. The van der Waals surface area contributed by atoms with Crippen molar-refractivity contribution >= 4 is 0 Å². The zero-order valence-electron chi connectivity index (χ0n) is 8.90. The first kappa shape index (κ1) is 9.05. The first-order valence-corrected chi connectivity index (χ1v) is 5.52. The third-order valence-corrected chi connectivity index (χ3v) is 4.24. The molecule has 0 heterocycles. The minimum atomic E-state index is 0.490. The smallest absolute Gasteiger partial charge is 0.00510 e. The van der Waals surface area contributed by atoms with E-state index in [2.05, 4.69) is 26.5 Å². The Labute approximate surface area is 81.7 Å². The summed E-state index contributed by atoms with van der Waals surface area (Å²) in [4.78, 5) is 0. The lowest BCUT2D eigenvalue weighted by molar-refractivity contribution is 0.247. The molecule has 0 aromatic rings. The molecule has 0 aromatic carbocycles. The fourth-order valence-corrected chi connectivity index (χ4v) is 3.45. The first-order valence-electron chi connectivity index (χ1n) is 5.52. The molecule has 0 N–H and O–H groups in total. The van der Waals surface area contributed by atoms with Crippen molar-refractivity contribution in [2.24, 2.45) is 11.3 Å². The molecule has 72 valence electrons. The van der Waals surface area contributed by atoms with Gasteiger partial charge in [-0.05, 0) is 50.4 Å². The van der Waals surface area contributed by atoms with Crippen LogP contribution in [0.1, 0.15) is 46.0 Å². The monoisotopic (exact) mass is 176 g/mol. The highest BCUT2D eigenvalue weighted by Gasteiger charge is 2.44. The lowest BCUT2D eigenvalue weighted by Crippen LogP contribution is -2.28. The summed E-state index contributed by atoms with van der Waals surface area (Å²) in [5.74, 6) is 0.799. The van der Waals surface area contributed by atoms with Gasteiger partial charge in [0.1, 0.15) is 0 Å². The molecule has 0 saturated heterocycles. The number of hydrogen-bond donors (Lipinski definition) is 0. The molecule has 2 rings (SSSR count). The standard InChI is InChI=1S/C13H20/c1-4-11-7-8-12-10(2)6-5-9-13(11,12)3/h4,12H,2,5-9H2,1,3H3/b11-4+/t12?,13-/m1/s1. The molecule has 0 aliphatic heterocycles. The Morgan fingerprint density at radius 3 is 2.92 bits per heavy atom. The van der Waals surface area contributed by atoms with Gasteiger partial charge < -0.3 is 0 Å². The molecule has 2 fully saturated rings. The molecular formula is C13H20. The van der Waals surface area contributed by atoms with Gasteiger partial charge in [0.2, 0.25) is 0 Å². The van der Waals surface area contributed by atoms with Crippen molar-refractivity contribution < 1.29 is 0 Å². The van der Waals surface area contributed by atoms with Gasteiger partial charge in [-0.3, -0.25) is 0 Å². The summed E-state index contributed by atoms with van der Waals surface area (Å²) in [6.45, 7) is 8.89. The number of hydrogen-bond acceptors (Lipinski definition) is 0. The van der Waals surface area contributed by atoms with E-state index in [0.717, 1.165) is 5.92 Å². The maximum atomic E-state index is 4.24. The van der Waals surface area contributed by atoms with Gasteiger partial charge in [-0.25, -0.2) is 0 Å². The Balaban J connectivity index is 2.34. The Morgan fingerprint density at radius 1 is 1.46 bits per heavy atom. The highest BCUT2D eigenvalue weighted by Crippen LogP contribution is 2.56. The van der Waals surface area contributed by atoms with Gasteiger partial charge in [-0.15, -0.1) is 0 Å². The largest absolute Gasteiger partial charge is 0.0995 e. The average Bonchev–Trinajstić information content (AvgIpc) is 2.43. The van der Waals surface area contributed by atoms with E-state index in [9.17, 15) is 0 Å². The van der Waals surface area contributed by atoms with Crippen LogP contribution in [0.3, 0.4) is 0 Å². The number of rotatable bonds is 0. The Bertz CT molecular complexity index is 259. The summed E-state index contributed by atoms with van der Waals surface area (Å²) < 4.78 is 0. The number of allylic oxidation sites excluding steroid dienone is 3. The summed E-state index contributed by atoms with van der Waals surface area (Å²) in [5, 5.41) is 0. The molecule has 0 nitrogen and oxygen atoms in total. The van der Waals surface area contributed by atoms with E-state index >= 15 is 0 Å². The van der Waals surface area contributed by atoms with E-state index in [-0.39, 0.29) is 0 Å². The van der Waals surface area contributed by atoms with E-state index in [1.807, 2.05) is 0 Å². The predicted molar refractivity (Wildman–Crippen MR) is 57.6 cm³/mol. The van der Waals surface area contributed by atoms with Gasteiger partial charge in [0.25, 0.3) is 0 Å². The summed E-state index contributed by atoms with van der Waals surface area (Å²) >= 11 is 0. The second-order valence-corrected chi connectivity index (χ2v) is 4.83. The van der Waals surface area contributed by atoms with Crippen LogP contribution in [0.2, 0.25) is 0 Å². The molecule has 0 bridgehead atoms. The van der Waals surface area contributed by atoms with Crippen molar-refractivity contribution in [1.82, 2.24) is 0 Å². The zero-order chi connectivity index (χ0) is 9.47. The van der Waals surface area contributed by atoms with E-state index in [0.29, 0.717) is 5.41 Å². The summed E-state index contributed by atoms with van der Waals surface area (Å²) in [7, 11) is 0. The SMILES string of the molecule is C=C1CCC[C@]2(C)/C(=C/C)CCC12. The van der Waals surface area contributed by atoms with Crippen LogP contribution >= 0.6 is 0 Å². The third kappa shape index (κ3) is 1.19. The van der Waals surface area contributed by atoms with Gasteiger partial charge in [-0.2, -0.15) is 0 Å². The maximum Gasteiger partial charge on any atom is -0.00510 e. The van der Waals surface area contributed by atoms with Crippen molar-refractivity contribution in [3.05, 3.63) is 23.8 Å². The molecule has 2 atom stereocenters. The van der Waals surface area contributed by atoms with Crippen LogP contribution in [-0.4, -0.2) is 0 Å². The predicted octanol–water partition coefficient (Wildman–Crippen LogP) is 4.09. The second-order valence-electron chi connectivity index (χ2n) is 4.83. The molecule has 0 aromatic heterocycles. The van der Waals surface area contributed by atoms with Crippen molar-refractivity contribution in [3.8, 4) is 0 Å². The summed E-state index contributed by atoms with van der Waals surface area (Å²) in [6.07, 6.45) is 9.03. The van der Waals surface area contributed by atoms with Crippen molar-refractivity contribution in [1.29, 1.82) is 0 Å². The highest BCUT2D eigenvalue weighted by atomic mass is 14.5. The van der Waals surface area contributed by atoms with E-state index in [4.69, 9.17) is 0 Å². The lowest BCUT2D eigenvalue weighted by Gasteiger charge is -2.39. The number of fused-ring (bicyclic) bond motifs is 1. The third-order valence-electron chi connectivity index (χ3n) is 4.24. The molecule has 0 heteroatoms. The van der Waals surface area contributed by atoms with Crippen LogP contribution in [0.5, 0.6) is 0 Å². The maximum absolute atomic E-state index is 4.24. The average molecular weight is 176 g/mol. The normalized spacial score (nSPS) is 42.5. The van der Waals surface area contributed by atoms with Crippen LogP contribution < -0.4 is 0 Å². The van der Waals surface area contributed by atoms with E-state index in [1.54, 1.807) is 5.57 Å². The Morgan fingerprint density at radius 2 is 2.23 bits per heavy atom. The van der Waals surface area contributed by atoms with Crippen LogP contribution in [0.15, 0.2) is 23.8 Å². The van der Waals surface area contributed by atoms with Crippen molar-refractivity contribution in [3.63, 3.8) is 0 Å². The van der Waals surface area contributed by atoms with Gasteiger partial charge in [0.15, 0.2) is 0 Å². The molecule has 2 aliphatic carbocycles. The van der Waals surface area contributed by atoms with Crippen molar-refractivity contribution in [2.45, 2.75) is 46.0 Å². The quantitative estimate of drug-likeness (QED) is 0.488. The van der Waals surface area contributed by atoms with Gasteiger partial charge in [0, 0.05) is 0 Å². The molecule has 0 radical (unpaired) electrons. The minimum absolute atomic E-state index is 0.490. The van der Waals surface area contributed by atoms with Crippen LogP contribution in [-0.2, 0) is 0 Å². The van der Waals surface area contributed by atoms with E-state index in [1.165, 1.54) is 37.7 Å². The molecule has 13 heavy (non-hydrogen) atoms. The lowest BCUT2D eigenvalue weighted by atomic mass is 9.66. The Kier molecular flexibility index (Phi) is 2.09. The Hall–Kier alpha value is -0.520. The molecule has 0 amide bonds. The van der Waals surface area contributed by atoms with Crippen LogP contribution in [0, 0.1) is 11.3 Å². The van der Waals surface area contributed by atoms with Gasteiger partial charge in [0.05, 0.1) is 0 Å². The van der Waals surface area contributed by atoms with Crippen molar-refractivity contribution in [2.75, 3.05) is 0 Å².